The minimum Gasteiger partial charge on any atom is -0.495 e. The first-order valence-electron chi connectivity index (χ1n) is 18.8. The van der Waals surface area contributed by atoms with Gasteiger partial charge in [0.15, 0.2) is 5.78 Å². The van der Waals surface area contributed by atoms with Crippen molar-refractivity contribution in [2.45, 2.75) is 78.0 Å². The van der Waals surface area contributed by atoms with Gasteiger partial charge in [-0.3, -0.25) is 14.6 Å². The number of ether oxygens (including phenoxy) is 4. The van der Waals surface area contributed by atoms with E-state index in [2.05, 4.69) is 26.3 Å². The number of carbonyl (C=O) groups is 4. The molecule has 0 N–H and O–H groups in total. The molecule has 0 unspecified atom stereocenters. The fraction of sp³-hybridized carbons (Fsp3) is 0.463. The number of piperazine rings is 1. The van der Waals surface area contributed by atoms with E-state index in [1.165, 1.54) is 57.2 Å². The van der Waals surface area contributed by atoms with Crippen molar-refractivity contribution < 1.29 is 38.1 Å². The highest BCUT2D eigenvalue weighted by atomic mass is 35.5. The van der Waals surface area contributed by atoms with E-state index < -0.39 is 29.4 Å². The van der Waals surface area contributed by atoms with E-state index in [9.17, 15) is 19.2 Å². The molecular weight excluding hydrogens is 789 g/mol. The van der Waals surface area contributed by atoms with Crippen LogP contribution in [0.4, 0.5) is 43.1 Å². The van der Waals surface area contributed by atoms with Crippen molar-refractivity contribution in [1.29, 1.82) is 0 Å². The van der Waals surface area contributed by atoms with Gasteiger partial charge in [-0.2, -0.15) is 4.90 Å². The molecule has 0 radical (unpaired) electrons. The van der Waals surface area contributed by atoms with Crippen LogP contribution in [0.2, 0.25) is 10.0 Å². The van der Waals surface area contributed by atoms with Crippen LogP contribution in [0, 0.1) is 0 Å². The molecule has 4 amide bonds. The Morgan fingerprint density at radius 3 is 1.95 bits per heavy atom. The van der Waals surface area contributed by atoms with Crippen molar-refractivity contribution in [2.24, 2.45) is 0 Å². The number of amides is 4. The first-order chi connectivity index (χ1) is 27.3. The van der Waals surface area contributed by atoms with Crippen molar-refractivity contribution in [2.75, 3.05) is 67.0 Å². The Kier molecular flexibility index (Phi) is 13.5. The number of methoxy groups -OCH3 is 2. The molecule has 1 saturated heterocycles. The number of anilines is 5. The quantitative estimate of drug-likeness (QED) is 0.171. The molecule has 1 saturated carbocycles. The van der Waals surface area contributed by atoms with E-state index in [0.717, 1.165) is 43.1 Å². The van der Waals surface area contributed by atoms with E-state index in [0.29, 0.717) is 22.2 Å². The number of ketones is 1. The fourth-order valence-electron chi connectivity index (χ4n) is 6.33. The highest BCUT2D eigenvalue weighted by Crippen LogP contribution is 2.47. The van der Waals surface area contributed by atoms with Crippen molar-refractivity contribution in [1.82, 2.24) is 14.9 Å². The maximum absolute atomic E-state index is 14.5. The average molecular weight is 841 g/mol. The molecule has 2 fully saturated rings. The Balaban J connectivity index is 1.59. The average Bonchev–Trinajstić information content (AvgIpc) is 4.01. The van der Waals surface area contributed by atoms with Crippen LogP contribution in [0.3, 0.4) is 0 Å². The Morgan fingerprint density at radius 1 is 0.845 bits per heavy atom. The van der Waals surface area contributed by atoms with Gasteiger partial charge >= 0.3 is 18.2 Å². The fourth-order valence-corrected chi connectivity index (χ4v) is 7.00. The van der Waals surface area contributed by atoms with E-state index in [1.54, 1.807) is 47.6 Å². The lowest BCUT2D eigenvalue weighted by Gasteiger charge is -2.37. The van der Waals surface area contributed by atoms with Gasteiger partial charge in [-0.25, -0.2) is 29.3 Å². The molecule has 5 rings (SSSR count). The molecule has 58 heavy (non-hydrogen) atoms. The Hall–Kier alpha value is -5.12. The maximum atomic E-state index is 14.5. The van der Waals surface area contributed by atoms with Crippen LogP contribution < -0.4 is 29.1 Å². The summed E-state index contributed by atoms with van der Waals surface area (Å²) in [7, 11) is 4.06. The van der Waals surface area contributed by atoms with Crippen molar-refractivity contribution in [3.8, 4) is 11.5 Å². The predicted molar refractivity (Wildman–Crippen MR) is 225 cm³/mol. The van der Waals surface area contributed by atoms with Crippen LogP contribution in [0.15, 0.2) is 49.3 Å². The third-order valence-corrected chi connectivity index (χ3v) is 9.98. The second-order valence-electron chi connectivity index (χ2n) is 15.9. The summed E-state index contributed by atoms with van der Waals surface area (Å²) in [5.74, 6) is -0.176. The van der Waals surface area contributed by atoms with Gasteiger partial charge in [0.1, 0.15) is 56.4 Å². The lowest BCUT2D eigenvalue weighted by molar-refractivity contribution is -0.114. The first kappa shape index (κ1) is 44.0. The number of allylic oxidation sites excluding steroid dienone is 1. The molecular formula is C41H51Cl2N7O8. The van der Waals surface area contributed by atoms with Crippen LogP contribution in [-0.2, 0) is 20.7 Å². The van der Waals surface area contributed by atoms with Gasteiger partial charge in [0, 0.05) is 63.5 Å². The first-order valence-corrected chi connectivity index (χ1v) is 19.6. The number of nitrogens with zero attached hydrogens (tertiary/aromatic N) is 7. The van der Waals surface area contributed by atoms with Gasteiger partial charge in [-0.1, -0.05) is 29.8 Å². The zero-order valence-electron chi connectivity index (χ0n) is 34.4. The molecule has 2 aliphatic rings. The second-order valence-corrected chi connectivity index (χ2v) is 16.6. The molecule has 1 aliphatic heterocycles. The lowest BCUT2D eigenvalue weighted by Crippen LogP contribution is -2.48. The third kappa shape index (κ3) is 10.3. The minimum atomic E-state index is -1.11. The number of aromatic nitrogens is 2. The van der Waals surface area contributed by atoms with Crippen molar-refractivity contribution in [3.05, 3.63) is 64.9 Å². The summed E-state index contributed by atoms with van der Waals surface area (Å²) in [6, 6.07) is 8.00. The number of imide groups is 1. The van der Waals surface area contributed by atoms with Crippen LogP contribution in [0.25, 0.3) is 0 Å². The van der Waals surface area contributed by atoms with E-state index in [4.69, 9.17) is 42.1 Å². The Morgan fingerprint density at radius 2 is 1.41 bits per heavy atom. The van der Waals surface area contributed by atoms with E-state index in [-0.39, 0.29) is 51.1 Å². The highest BCUT2D eigenvalue weighted by Gasteiger charge is 2.38. The van der Waals surface area contributed by atoms with Crippen molar-refractivity contribution >= 4 is 75.9 Å². The number of hydrogen-bond acceptors (Lipinski definition) is 12. The summed E-state index contributed by atoms with van der Waals surface area (Å²) < 4.78 is 22.3. The Labute approximate surface area is 349 Å². The smallest absolute Gasteiger partial charge is 0.423 e. The molecule has 0 bridgehead atoms. The number of benzene rings is 2. The van der Waals surface area contributed by atoms with Crippen molar-refractivity contribution in [3.63, 3.8) is 0 Å². The van der Waals surface area contributed by atoms with Gasteiger partial charge < -0.3 is 23.8 Å². The van der Waals surface area contributed by atoms with Gasteiger partial charge in [0.05, 0.1) is 19.9 Å². The monoisotopic (exact) mass is 839 g/mol. The number of hydrogen-bond donors (Lipinski definition) is 0. The minimum absolute atomic E-state index is 0.0000628. The van der Waals surface area contributed by atoms with Crippen LogP contribution in [0.1, 0.15) is 59.9 Å². The van der Waals surface area contributed by atoms with Gasteiger partial charge in [-0.15, -0.1) is 0 Å². The molecule has 0 atom stereocenters. The zero-order chi connectivity index (χ0) is 42.7. The number of carbonyl (C=O) groups excluding carboxylic acids is 4. The van der Waals surface area contributed by atoms with E-state index in [1.807, 2.05) is 12.1 Å². The summed E-state index contributed by atoms with van der Waals surface area (Å²) in [5.41, 5.74) is -0.494. The number of urea groups is 1. The third-order valence-electron chi connectivity index (χ3n) is 9.25. The summed E-state index contributed by atoms with van der Waals surface area (Å²) in [4.78, 5) is 72.0. The topological polar surface area (TPSA) is 147 Å². The van der Waals surface area contributed by atoms with Gasteiger partial charge in [0.2, 0.25) is 0 Å². The molecule has 2 heterocycles. The van der Waals surface area contributed by atoms with E-state index >= 15 is 0 Å². The van der Waals surface area contributed by atoms with Crippen LogP contribution in [-0.4, -0.2) is 104 Å². The molecule has 2 aromatic carbocycles. The zero-order valence-corrected chi connectivity index (χ0v) is 35.9. The van der Waals surface area contributed by atoms with Crippen LogP contribution in [0.5, 0.6) is 11.5 Å². The molecule has 1 aromatic heterocycles. The maximum Gasteiger partial charge on any atom is 0.423 e. The summed E-state index contributed by atoms with van der Waals surface area (Å²) >= 11 is 13.4. The molecule has 17 heteroatoms. The highest BCUT2D eigenvalue weighted by molar-refractivity contribution is 6.43. The largest absolute Gasteiger partial charge is 0.495 e. The molecule has 1 aliphatic carbocycles. The molecule has 0 spiro atoms. The SMILES string of the molecule is C=CC(=O)Cc1cc(N2CCN(C3CC3)CC2)ccc1N(C(=O)OC(C)(C)C)c1cc(N(C)C(=O)N(C(=O)OC(C)(C)C)c2c(Cl)c(OC)cc(OC)c2Cl)ncn1. The normalized spacial score (nSPS) is 14.6. The lowest BCUT2D eigenvalue weighted by atomic mass is 10.0. The van der Waals surface area contributed by atoms with Gasteiger partial charge in [0.25, 0.3) is 0 Å². The second kappa shape index (κ2) is 17.8. The van der Waals surface area contributed by atoms with Gasteiger partial charge in [-0.05, 0) is 84.2 Å². The summed E-state index contributed by atoms with van der Waals surface area (Å²) in [6.45, 7) is 17.2. The molecule has 312 valence electrons. The van der Waals surface area contributed by atoms with Crippen LogP contribution >= 0.6 is 23.2 Å². The Bertz CT molecular complexity index is 2030. The molecule has 3 aromatic rings. The molecule has 15 nitrogen and oxygen atoms in total. The number of rotatable bonds is 11. The predicted octanol–water partition coefficient (Wildman–Crippen LogP) is 8.45. The standard InChI is InChI=1S/C41H51Cl2N7O8/c1-11-28(51)21-25-20-27(48-18-16-47(17-19-48)26-12-13-26)14-15-29(25)49(38(53)57-40(2,3)4)33-23-32(44-24-45-33)46(8)37(52)50(39(54)58-41(5,6)7)36-34(42)30(55-9)22-31(56-10)35(36)43/h11,14-15,20,22-24,26H,1,12-13,16-19,21H2,2-10H3. The summed E-state index contributed by atoms with van der Waals surface area (Å²) in [5, 5.41) is -0.342. The number of halogens is 2. The summed E-state index contributed by atoms with van der Waals surface area (Å²) in [6.07, 6.45) is 2.88.